The average Bonchev–Trinajstić information content (AvgIpc) is 3.42. The summed E-state index contributed by atoms with van der Waals surface area (Å²) in [5.41, 5.74) is -0.559. The predicted octanol–water partition coefficient (Wildman–Crippen LogP) is 3.68. The molecule has 0 aromatic rings. The number of aliphatic hydroxyl groups is 2. The Kier molecular flexibility index (Phi) is 7.62. The van der Waals surface area contributed by atoms with E-state index in [2.05, 4.69) is 13.8 Å². The summed E-state index contributed by atoms with van der Waals surface area (Å²) in [7, 11) is 1.62. The fourth-order valence-electron chi connectivity index (χ4n) is 10.4. The van der Waals surface area contributed by atoms with Crippen LogP contribution in [0.25, 0.3) is 0 Å². The van der Waals surface area contributed by atoms with E-state index in [1.165, 1.54) is 6.92 Å². The molecule has 2 aliphatic heterocycles. The number of hydrogen-bond donors (Lipinski definition) is 2. The number of aliphatic hydroxyl groups excluding tert-OH is 1. The van der Waals surface area contributed by atoms with E-state index >= 15 is 0 Å². The van der Waals surface area contributed by atoms with Crippen LogP contribution >= 0.6 is 0 Å². The maximum atomic E-state index is 12.7. The summed E-state index contributed by atoms with van der Waals surface area (Å²) < 4.78 is 29.1. The summed E-state index contributed by atoms with van der Waals surface area (Å²) in [6.07, 6.45) is 7.14. The lowest BCUT2D eigenvalue weighted by Gasteiger charge is -2.63. The SMILES string of the molecule is CO[C@@H]1C[C@H](O[C@H]2CC[C@@]3(C)[C@H](CC[C@@H]4[C@@H]3CC[C@]3(C)C(C5=CC(=O)OC5)[C@@H](OC(C)=O)C[C@]43O)C2)OC(C)[C@@H]1O. The molecule has 0 bridgehead atoms. The Morgan fingerprint density at radius 3 is 2.54 bits per heavy atom. The van der Waals surface area contributed by atoms with Crippen molar-refractivity contribution in [3.63, 3.8) is 0 Å². The van der Waals surface area contributed by atoms with Gasteiger partial charge in [0.2, 0.25) is 0 Å². The minimum absolute atomic E-state index is 0.0898. The quantitative estimate of drug-likeness (QED) is 0.373. The van der Waals surface area contributed by atoms with Crippen LogP contribution in [0.4, 0.5) is 0 Å². The molecule has 2 unspecified atom stereocenters. The molecule has 9 heteroatoms. The van der Waals surface area contributed by atoms with Crippen molar-refractivity contribution in [2.45, 2.75) is 128 Å². The molecule has 2 heterocycles. The maximum absolute atomic E-state index is 12.7. The van der Waals surface area contributed by atoms with Crippen LogP contribution in [0.3, 0.4) is 0 Å². The second-order valence-electron chi connectivity index (χ2n) is 14.3. The van der Waals surface area contributed by atoms with E-state index in [1.54, 1.807) is 13.2 Å². The number of hydrogen-bond acceptors (Lipinski definition) is 9. The third-order valence-electron chi connectivity index (χ3n) is 12.5. The number of methoxy groups -OCH3 is 1. The number of cyclic esters (lactones) is 1. The van der Waals surface area contributed by atoms with Gasteiger partial charge in [-0.15, -0.1) is 0 Å². The van der Waals surface area contributed by atoms with Gasteiger partial charge in [-0.05, 0) is 80.6 Å². The van der Waals surface area contributed by atoms with Gasteiger partial charge in [0.1, 0.15) is 18.8 Å². The first-order chi connectivity index (χ1) is 19.4. The maximum Gasteiger partial charge on any atom is 0.331 e. The fourth-order valence-corrected chi connectivity index (χ4v) is 10.4. The lowest BCUT2D eigenvalue weighted by molar-refractivity contribution is -0.273. The molecule has 2 N–H and O–H groups in total. The Balaban J connectivity index is 1.19. The molecule has 0 radical (unpaired) electrons. The number of carbonyl (C=O) groups excluding carboxylic acids is 2. The zero-order valence-corrected chi connectivity index (χ0v) is 25.2. The second-order valence-corrected chi connectivity index (χ2v) is 14.3. The van der Waals surface area contributed by atoms with Gasteiger partial charge in [0, 0.05) is 44.3 Å². The van der Waals surface area contributed by atoms with Gasteiger partial charge in [0.15, 0.2) is 6.29 Å². The van der Waals surface area contributed by atoms with Crippen LogP contribution in [0.15, 0.2) is 11.6 Å². The third-order valence-corrected chi connectivity index (χ3v) is 12.5. The van der Waals surface area contributed by atoms with Gasteiger partial charge in [-0.3, -0.25) is 4.79 Å². The molecular weight excluding hydrogens is 528 g/mol. The summed E-state index contributed by atoms with van der Waals surface area (Å²) in [6.45, 7) is 8.06. The molecular formula is C32H48O9. The lowest BCUT2D eigenvalue weighted by Crippen LogP contribution is -2.62. The molecule has 0 aromatic carbocycles. The molecule has 5 fully saturated rings. The number of esters is 2. The number of rotatable bonds is 5. The van der Waals surface area contributed by atoms with Crippen LogP contribution in [0.2, 0.25) is 0 Å². The van der Waals surface area contributed by atoms with E-state index < -0.39 is 23.2 Å². The molecule has 6 rings (SSSR count). The first-order valence-electron chi connectivity index (χ1n) is 15.7. The molecule has 0 aromatic heterocycles. The predicted molar refractivity (Wildman–Crippen MR) is 147 cm³/mol. The number of fused-ring (bicyclic) bond motifs is 5. The van der Waals surface area contributed by atoms with Crippen molar-refractivity contribution in [1.29, 1.82) is 0 Å². The molecule has 4 saturated carbocycles. The molecule has 0 amide bonds. The van der Waals surface area contributed by atoms with Crippen molar-refractivity contribution >= 4 is 11.9 Å². The molecule has 230 valence electrons. The normalized spacial score (nSPS) is 51.2. The molecule has 0 spiro atoms. The molecule has 9 nitrogen and oxygen atoms in total. The molecule has 1 saturated heterocycles. The van der Waals surface area contributed by atoms with Gasteiger partial charge in [-0.2, -0.15) is 0 Å². The summed E-state index contributed by atoms with van der Waals surface area (Å²) in [5.74, 6) is 0.0175. The summed E-state index contributed by atoms with van der Waals surface area (Å²) in [5, 5.41) is 23.0. The highest BCUT2D eigenvalue weighted by atomic mass is 16.7. The highest BCUT2D eigenvalue weighted by Crippen LogP contribution is 2.70. The smallest absolute Gasteiger partial charge is 0.331 e. The second kappa shape index (κ2) is 10.6. The molecule has 13 atom stereocenters. The van der Waals surface area contributed by atoms with E-state index in [-0.39, 0.29) is 60.4 Å². The van der Waals surface area contributed by atoms with Crippen molar-refractivity contribution in [2.75, 3.05) is 13.7 Å². The van der Waals surface area contributed by atoms with Crippen LogP contribution < -0.4 is 0 Å². The van der Waals surface area contributed by atoms with Crippen molar-refractivity contribution in [2.24, 2.45) is 34.5 Å². The van der Waals surface area contributed by atoms with Crippen molar-refractivity contribution < 1.29 is 43.5 Å². The Labute approximate surface area is 243 Å². The highest BCUT2D eigenvalue weighted by molar-refractivity contribution is 5.85. The van der Waals surface area contributed by atoms with Gasteiger partial charge in [-0.1, -0.05) is 13.8 Å². The average molecular weight is 577 g/mol. The van der Waals surface area contributed by atoms with Crippen LogP contribution in [0.1, 0.15) is 85.5 Å². The minimum atomic E-state index is -0.990. The van der Waals surface area contributed by atoms with Crippen molar-refractivity contribution in [3.8, 4) is 0 Å². The van der Waals surface area contributed by atoms with Crippen LogP contribution in [-0.2, 0) is 33.3 Å². The van der Waals surface area contributed by atoms with Crippen LogP contribution in [0, 0.1) is 34.5 Å². The standard InChI is InChI=1S/C32H48O9/c1-17-29(35)24(37-5)14-27(39-17)41-21-8-10-30(3)20(13-21)6-7-23-22(30)9-11-31(4)28(19-12-26(34)38-16-19)25(40-18(2)33)15-32(23,31)36/h12,17,20-25,27-29,35-36H,6-11,13-16H2,1-5H3/t17?,20-,21+,22+,23-,24-,25+,27+,28?,29+,30+,31-,32+/m1/s1. The lowest BCUT2D eigenvalue weighted by atomic mass is 9.43. The van der Waals surface area contributed by atoms with Gasteiger partial charge < -0.3 is 33.9 Å². The molecule has 6 aliphatic rings. The largest absolute Gasteiger partial charge is 0.462 e. The first kappa shape index (κ1) is 29.5. The molecule has 4 aliphatic carbocycles. The van der Waals surface area contributed by atoms with Gasteiger partial charge in [-0.25, -0.2) is 4.79 Å². The van der Waals surface area contributed by atoms with Crippen LogP contribution in [-0.4, -0.2) is 78.3 Å². The van der Waals surface area contributed by atoms with E-state index in [0.717, 1.165) is 50.5 Å². The zero-order valence-electron chi connectivity index (χ0n) is 25.2. The van der Waals surface area contributed by atoms with Gasteiger partial charge in [0.05, 0.1) is 23.9 Å². The highest BCUT2D eigenvalue weighted by Gasteiger charge is 2.71. The zero-order chi connectivity index (χ0) is 29.3. The Hall–Kier alpha value is -1.52. The first-order valence-corrected chi connectivity index (χ1v) is 15.7. The summed E-state index contributed by atoms with van der Waals surface area (Å²) in [6, 6.07) is 0. The monoisotopic (exact) mass is 576 g/mol. The number of ether oxygens (including phenoxy) is 5. The molecule has 41 heavy (non-hydrogen) atoms. The van der Waals surface area contributed by atoms with Gasteiger partial charge >= 0.3 is 11.9 Å². The van der Waals surface area contributed by atoms with E-state index in [9.17, 15) is 19.8 Å². The van der Waals surface area contributed by atoms with Crippen LogP contribution in [0.5, 0.6) is 0 Å². The Bertz CT molecular complexity index is 1080. The number of carbonyl (C=O) groups is 2. The Morgan fingerprint density at radius 2 is 1.85 bits per heavy atom. The van der Waals surface area contributed by atoms with E-state index in [1.807, 2.05) is 6.92 Å². The summed E-state index contributed by atoms with van der Waals surface area (Å²) >= 11 is 0. The minimum Gasteiger partial charge on any atom is -0.462 e. The summed E-state index contributed by atoms with van der Waals surface area (Å²) in [4.78, 5) is 24.2. The van der Waals surface area contributed by atoms with Gasteiger partial charge in [0.25, 0.3) is 0 Å². The van der Waals surface area contributed by atoms with Crippen molar-refractivity contribution in [1.82, 2.24) is 0 Å². The topological polar surface area (TPSA) is 121 Å². The van der Waals surface area contributed by atoms with Crippen molar-refractivity contribution in [3.05, 3.63) is 11.6 Å². The van der Waals surface area contributed by atoms with E-state index in [4.69, 9.17) is 23.7 Å². The van der Waals surface area contributed by atoms with E-state index in [0.29, 0.717) is 24.7 Å². The third kappa shape index (κ3) is 4.69. The fraction of sp³-hybridized carbons (Fsp3) is 0.875. The Morgan fingerprint density at radius 1 is 1.07 bits per heavy atom.